The van der Waals surface area contributed by atoms with Gasteiger partial charge in [-0.1, -0.05) is 38.1 Å². The molecule has 0 fully saturated rings. The Morgan fingerprint density at radius 2 is 1.72 bits per heavy atom. The number of nitriles is 1. The topological polar surface area (TPSA) is 79.2 Å². The van der Waals surface area contributed by atoms with E-state index in [1.165, 1.54) is 19.1 Å². The summed E-state index contributed by atoms with van der Waals surface area (Å²) >= 11 is 0. The summed E-state index contributed by atoms with van der Waals surface area (Å²) in [6.07, 6.45) is 0.113. The molecule has 0 saturated carbocycles. The zero-order chi connectivity index (χ0) is 21.6. The molecule has 2 rings (SSSR count). The molecule has 0 unspecified atom stereocenters. The lowest BCUT2D eigenvalue weighted by Crippen LogP contribution is -2.30. The lowest BCUT2D eigenvalue weighted by atomic mass is 10.0. The van der Waals surface area contributed by atoms with E-state index in [9.17, 15) is 23.6 Å². The molecule has 0 aliphatic carbocycles. The van der Waals surface area contributed by atoms with Crippen molar-refractivity contribution in [3.05, 3.63) is 70.8 Å². The maximum Gasteiger partial charge on any atom is 0.349 e. The van der Waals surface area contributed by atoms with Gasteiger partial charge >= 0.3 is 5.97 Å². The SMILES string of the molecule is CC(C)c1ccc(/C=C(\C#N)C(=O)O[C@H](C)C(=O)Nc2ccc(F)c(F)c2)cc1. The van der Waals surface area contributed by atoms with Crippen LogP contribution in [0.3, 0.4) is 0 Å². The quantitative estimate of drug-likeness (QED) is 0.439. The fourth-order valence-corrected chi connectivity index (χ4v) is 2.38. The molecule has 29 heavy (non-hydrogen) atoms. The standard InChI is InChI=1S/C22H20F2N2O3/c1-13(2)16-6-4-15(5-7-16)10-17(12-25)22(28)29-14(3)21(27)26-18-8-9-19(23)20(24)11-18/h4-11,13-14H,1-3H3,(H,26,27)/b17-10+/t14-/m1/s1. The van der Waals surface area contributed by atoms with Crippen molar-refractivity contribution in [1.29, 1.82) is 5.26 Å². The summed E-state index contributed by atoms with van der Waals surface area (Å²) in [6.45, 7) is 5.41. The molecule has 0 bridgehead atoms. The van der Waals surface area contributed by atoms with Gasteiger partial charge in [0.2, 0.25) is 0 Å². The Balaban J connectivity index is 2.04. The van der Waals surface area contributed by atoms with Gasteiger partial charge in [0.15, 0.2) is 17.7 Å². The molecule has 0 aliphatic rings. The number of hydrogen-bond acceptors (Lipinski definition) is 4. The van der Waals surface area contributed by atoms with E-state index in [0.29, 0.717) is 11.5 Å². The smallest absolute Gasteiger partial charge is 0.349 e. The third-order valence-corrected chi connectivity index (χ3v) is 4.09. The molecule has 0 aromatic heterocycles. The maximum absolute atomic E-state index is 13.2. The number of hydrogen-bond donors (Lipinski definition) is 1. The number of benzene rings is 2. The Morgan fingerprint density at radius 3 is 2.28 bits per heavy atom. The highest BCUT2D eigenvalue weighted by molar-refractivity contribution is 6.01. The number of nitrogens with zero attached hydrogens (tertiary/aromatic N) is 1. The second kappa shape index (κ2) is 9.60. The number of halogens is 2. The van der Waals surface area contributed by atoms with Crippen LogP contribution in [0.5, 0.6) is 0 Å². The highest BCUT2D eigenvalue weighted by Crippen LogP contribution is 2.17. The molecule has 0 heterocycles. The normalized spacial score (nSPS) is 12.2. The second-order valence-electron chi connectivity index (χ2n) is 6.66. The van der Waals surface area contributed by atoms with Gasteiger partial charge in [-0.25, -0.2) is 13.6 Å². The largest absolute Gasteiger partial charge is 0.448 e. The van der Waals surface area contributed by atoms with Crippen molar-refractivity contribution in [2.75, 3.05) is 5.32 Å². The van der Waals surface area contributed by atoms with Crippen LogP contribution in [-0.2, 0) is 14.3 Å². The molecule has 150 valence electrons. The van der Waals surface area contributed by atoms with Crippen molar-refractivity contribution in [2.45, 2.75) is 32.8 Å². The Kier molecular flexibility index (Phi) is 7.21. The molecule has 1 N–H and O–H groups in total. The molecule has 1 atom stereocenters. The van der Waals surface area contributed by atoms with Crippen molar-refractivity contribution in [2.24, 2.45) is 0 Å². The maximum atomic E-state index is 13.2. The van der Waals surface area contributed by atoms with Gasteiger partial charge in [-0.2, -0.15) is 5.26 Å². The van der Waals surface area contributed by atoms with E-state index in [4.69, 9.17) is 4.74 Å². The summed E-state index contributed by atoms with van der Waals surface area (Å²) in [5, 5.41) is 11.6. The minimum Gasteiger partial charge on any atom is -0.448 e. The molecule has 7 heteroatoms. The summed E-state index contributed by atoms with van der Waals surface area (Å²) < 4.78 is 31.2. The van der Waals surface area contributed by atoms with Crippen LogP contribution in [0, 0.1) is 23.0 Å². The number of carbonyl (C=O) groups is 2. The summed E-state index contributed by atoms with van der Waals surface area (Å²) in [4.78, 5) is 24.3. The highest BCUT2D eigenvalue weighted by Gasteiger charge is 2.21. The van der Waals surface area contributed by atoms with Crippen LogP contribution in [0.15, 0.2) is 48.0 Å². The van der Waals surface area contributed by atoms with E-state index in [1.54, 1.807) is 18.2 Å². The van der Waals surface area contributed by atoms with Gasteiger partial charge in [0.1, 0.15) is 11.6 Å². The molecule has 2 aromatic carbocycles. The van der Waals surface area contributed by atoms with Crippen molar-refractivity contribution in [1.82, 2.24) is 0 Å². The number of anilines is 1. The second-order valence-corrected chi connectivity index (χ2v) is 6.66. The fourth-order valence-electron chi connectivity index (χ4n) is 2.38. The summed E-state index contributed by atoms with van der Waals surface area (Å²) in [5.74, 6) is -3.53. The Morgan fingerprint density at radius 1 is 1.07 bits per heavy atom. The first kappa shape index (κ1) is 21.8. The van der Waals surface area contributed by atoms with Gasteiger partial charge in [0, 0.05) is 11.8 Å². The van der Waals surface area contributed by atoms with E-state index >= 15 is 0 Å². The van der Waals surface area contributed by atoms with E-state index in [1.807, 2.05) is 12.1 Å². The van der Waals surface area contributed by atoms with Crippen LogP contribution in [0.25, 0.3) is 6.08 Å². The summed E-state index contributed by atoms with van der Waals surface area (Å²) in [5.41, 5.74) is 1.50. The zero-order valence-corrected chi connectivity index (χ0v) is 16.2. The van der Waals surface area contributed by atoms with Crippen molar-refractivity contribution in [3.8, 4) is 6.07 Å². The average Bonchev–Trinajstić information content (AvgIpc) is 2.69. The molecular formula is C22H20F2N2O3. The van der Waals surface area contributed by atoms with Crippen molar-refractivity contribution in [3.63, 3.8) is 0 Å². The molecule has 2 aromatic rings. The Bertz CT molecular complexity index is 977. The average molecular weight is 398 g/mol. The lowest BCUT2D eigenvalue weighted by Gasteiger charge is -2.13. The van der Waals surface area contributed by atoms with Crippen molar-refractivity contribution < 1.29 is 23.1 Å². The summed E-state index contributed by atoms with van der Waals surface area (Å²) in [6, 6.07) is 12.0. The van der Waals surface area contributed by atoms with E-state index in [0.717, 1.165) is 17.7 Å². The summed E-state index contributed by atoms with van der Waals surface area (Å²) in [7, 11) is 0. The fraction of sp³-hybridized carbons (Fsp3) is 0.227. The number of nitrogens with one attached hydrogen (secondary N) is 1. The van der Waals surface area contributed by atoms with Gasteiger partial charge in [-0.15, -0.1) is 0 Å². The highest BCUT2D eigenvalue weighted by atomic mass is 19.2. The van der Waals surface area contributed by atoms with Crippen LogP contribution in [0.4, 0.5) is 14.5 Å². The van der Waals surface area contributed by atoms with Crippen LogP contribution in [0.2, 0.25) is 0 Å². The molecular weight excluding hydrogens is 378 g/mol. The van der Waals surface area contributed by atoms with E-state index in [-0.39, 0.29) is 11.3 Å². The van der Waals surface area contributed by atoms with E-state index in [2.05, 4.69) is 19.2 Å². The van der Waals surface area contributed by atoms with Gasteiger partial charge in [-0.3, -0.25) is 4.79 Å². The van der Waals surface area contributed by atoms with Gasteiger partial charge in [0.25, 0.3) is 5.91 Å². The molecule has 0 aliphatic heterocycles. The predicted octanol–water partition coefficient (Wildman–Crippen LogP) is 4.57. The minimum atomic E-state index is -1.25. The van der Waals surface area contributed by atoms with E-state index < -0.39 is 29.6 Å². The number of ether oxygens (including phenoxy) is 1. The van der Waals surface area contributed by atoms with Crippen LogP contribution < -0.4 is 5.32 Å². The molecule has 0 spiro atoms. The number of rotatable bonds is 6. The van der Waals surface area contributed by atoms with Gasteiger partial charge < -0.3 is 10.1 Å². The number of esters is 1. The first-order valence-electron chi connectivity index (χ1n) is 8.90. The van der Waals surface area contributed by atoms with Crippen LogP contribution in [-0.4, -0.2) is 18.0 Å². The minimum absolute atomic E-state index is 0.0121. The van der Waals surface area contributed by atoms with Crippen LogP contribution in [0.1, 0.15) is 37.8 Å². The first-order valence-corrected chi connectivity index (χ1v) is 8.90. The number of carbonyl (C=O) groups excluding carboxylic acids is 2. The monoisotopic (exact) mass is 398 g/mol. The predicted molar refractivity (Wildman–Crippen MR) is 105 cm³/mol. The van der Waals surface area contributed by atoms with Gasteiger partial charge in [0.05, 0.1) is 0 Å². The first-order chi connectivity index (χ1) is 13.7. The molecule has 5 nitrogen and oxygen atoms in total. The van der Waals surface area contributed by atoms with Crippen molar-refractivity contribution >= 4 is 23.6 Å². The van der Waals surface area contributed by atoms with Crippen LogP contribution >= 0.6 is 0 Å². The lowest BCUT2D eigenvalue weighted by molar-refractivity contribution is -0.148. The third kappa shape index (κ3) is 5.98. The Hall–Kier alpha value is -3.53. The van der Waals surface area contributed by atoms with Gasteiger partial charge in [-0.05, 0) is 42.2 Å². The number of amides is 1. The molecule has 0 saturated heterocycles. The Labute approximate surface area is 167 Å². The molecule has 1 amide bonds. The third-order valence-electron chi connectivity index (χ3n) is 4.09. The molecule has 0 radical (unpaired) electrons. The zero-order valence-electron chi connectivity index (χ0n) is 16.2.